The van der Waals surface area contributed by atoms with Crippen molar-refractivity contribution < 1.29 is 13.2 Å². The lowest BCUT2D eigenvalue weighted by Crippen LogP contribution is -2.39. The third-order valence-corrected chi connectivity index (χ3v) is 7.26. The summed E-state index contributed by atoms with van der Waals surface area (Å²) in [6.45, 7) is 5.53. The molecule has 0 bridgehead atoms. The molecule has 0 aliphatic carbocycles. The summed E-state index contributed by atoms with van der Waals surface area (Å²) in [6.07, 6.45) is 1.51. The van der Waals surface area contributed by atoms with Crippen LogP contribution in [0.2, 0.25) is 5.02 Å². The van der Waals surface area contributed by atoms with E-state index >= 15 is 0 Å². The average molecular weight is 499 g/mol. The van der Waals surface area contributed by atoms with E-state index in [-0.39, 0.29) is 15.6 Å². The zero-order chi connectivity index (χ0) is 24.6. The Balaban J connectivity index is 1.76. The highest BCUT2D eigenvalue weighted by molar-refractivity contribution is 7.92. The van der Waals surface area contributed by atoms with Gasteiger partial charge in [-0.1, -0.05) is 54.1 Å². The van der Waals surface area contributed by atoms with Crippen molar-refractivity contribution in [3.8, 4) is 0 Å². The lowest BCUT2D eigenvalue weighted by atomic mass is 10.2. The highest BCUT2D eigenvalue weighted by Crippen LogP contribution is 2.30. The third kappa shape index (κ3) is 6.15. The Kier molecular flexibility index (Phi) is 8.67. The normalized spacial score (nSPS) is 11.4. The largest absolute Gasteiger partial charge is 0.372 e. The SMILES string of the molecule is CCN(CC)c1ccc(/C=N\NC(=O)CN(c2ccccc2Cl)S(=O)(=O)c2ccccc2)cc1. The average Bonchev–Trinajstić information content (AvgIpc) is 2.85. The Morgan fingerprint density at radius 2 is 1.56 bits per heavy atom. The van der Waals surface area contributed by atoms with E-state index in [1.165, 1.54) is 18.3 Å². The smallest absolute Gasteiger partial charge is 0.264 e. The van der Waals surface area contributed by atoms with Crippen molar-refractivity contribution in [3.05, 3.63) is 89.4 Å². The lowest BCUT2D eigenvalue weighted by Gasteiger charge is -2.24. The molecule has 9 heteroatoms. The van der Waals surface area contributed by atoms with E-state index < -0.39 is 22.5 Å². The van der Waals surface area contributed by atoms with Gasteiger partial charge < -0.3 is 4.90 Å². The second kappa shape index (κ2) is 11.7. The summed E-state index contributed by atoms with van der Waals surface area (Å²) in [5.74, 6) is -0.601. The van der Waals surface area contributed by atoms with E-state index in [1.807, 2.05) is 24.3 Å². The maximum atomic E-state index is 13.3. The van der Waals surface area contributed by atoms with Gasteiger partial charge in [-0.25, -0.2) is 13.8 Å². The maximum Gasteiger partial charge on any atom is 0.264 e. The van der Waals surface area contributed by atoms with Gasteiger partial charge in [-0.15, -0.1) is 0 Å². The van der Waals surface area contributed by atoms with Gasteiger partial charge in [0.15, 0.2) is 0 Å². The van der Waals surface area contributed by atoms with Crippen molar-refractivity contribution in [3.63, 3.8) is 0 Å². The molecule has 7 nitrogen and oxygen atoms in total. The van der Waals surface area contributed by atoms with Gasteiger partial charge in [0.1, 0.15) is 6.54 Å². The molecular formula is C25H27ClN4O3S. The molecular weight excluding hydrogens is 472 g/mol. The Labute approximate surface area is 205 Å². The molecule has 0 aliphatic heterocycles. The van der Waals surface area contributed by atoms with Gasteiger partial charge in [-0.3, -0.25) is 9.10 Å². The number of carbonyl (C=O) groups is 1. The molecule has 0 saturated carbocycles. The van der Waals surface area contributed by atoms with E-state index in [0.717, 1.165) is 28.6 Å². The van der Waals surface area contributed by atoms with Crippen molar-refractivity contribution in [1.29, 1.82) is 0 Å². The Morgan fingerprint density at radius 3 is 2.18 bits per heavy atom. The van der Waals surface area contributed by atoms with Crippen LogP contribution in [0.5, 0.6) is 0 Å². The minimum absolute atomic E-state index is 0.0551. The van der Waals surface area contributed by atoms with Crippen molar-refractivity contribution in [2.24, 2.45) is 5.10 Å². The number of hydrogen-bond acceptors (Lipinski definition) is 5. The number of benzene rings is 3. The minimum atomic E-state index is -4.04. The first-order chi connectivity index (χ1) is 16.4. The van der Waals surface area contributed by atoms with Crippen LogP contribution in [0, 0.1) is 0 Å². The number of nitrogens with one attached hydrogen (secondary N) is 1. The molecule has 1 amide bonds. The fourth-order valence-electron chi connectivity index (χ4n) is 3.38. The van der Waals surface area contributed by atoms with Gasteiger partial charge in [0.2, 0.25) is 0 Å². The minimum Gasteiger partial charge on any atom is -0.372 e. The molecule has 0 atom stereocenters. The van der Waals surface area contributed by atoms with E-state index in [1.54, 1.807) is 42.5 Å². The highest BCUT2D eigenvalue weighted by atomic mass is 35.5. The summed E-state index contributed by atoms with van der Waals surface area (Å²) >= 11 is 6.27. The van der Waals surface area contributed by atoms with Crippen LogP contribution in [0.3, 0.4) is 0 Å². The van der Waals surface area contributed by atoms with E-state index in [9.17, 15) is 13.2 Å². The summed E-state index contributed by atoms with van der Waals surface area (Å²) in [6, 6.07) is 22.1. The monoisotopic (exact) mass is 498 g/mol. The first-order valence-corrected chi connectivity index (χ1v) is 12.7. The predicted molar refractivity (Wildman–Crippen MR) is 138 cm³/mol. The maximum absolute atomic E-state index is 13.3. The van der Waals surface area contributed by atoms with Crippen molar-refractivity contribution in [1.82, 2.24) is 5.43 Å². The quantitative estimate of drug-likeness (QED) is 0.329. The standard InChI is InChI=1S/C25H27ClN4O3S/c1-3-29(4-2)21-16-14-20(15-17-21)18-27-28-25(31)19-30(24-13-9-8-12-23(24)26)34(32,33)22-10-6-5-7-11-22/h5-18H,3-4,19H2,1-2H3,(H,28,31)/b27-18-. The molecule has 3 aromatic carbocycles. The molecule has 34 heavy (non-hydrogen) atoms. The van der Waals surface area contributed by atoms with Crippen molar-refractivity contribution in [2.75, 3.05) is 28.8 Å². The van der Waals surface area contributed by atoms with Gasteiger partial charge in [0, 0.05) is 18.8 Å². The second-order valence-electron chi connectivity index (χ2n) is 7.33. The number of rotatable bonds is 10. The summed E-state index contributed by atoms with van der Waals surface area (Å²) in [7, 11) is -4.04. The van der Waals surface area contributed by atoms with Gasteiger partial charge >= 0.3 is 0 Å². The van der Waals surface area contributed by atoms with E-state index in [2.05, 4.69) is 29.3 Å². The van der Waals surface area contributed by atoms with Crippen LogP contribution in [0.4, 0.5) is 11.4 Å². The molecule has 0 heterocycles. The fourth-order valence-corrected chi connectivity index (χ4v) is 5.13. The predicted octanol–water partition coefficient (Wildman–Crippen LogP) is 4.53. The van der Waals surface area contributed by atoms with Crippen molar-refractivity contribution in [2.45, 2.75) is 18.7 Å². The molecule has 3 rings (SSSR count). The number of amides is 1. The number of hydrogen-bond donors (Lipinski definition) is 1. The summed E-state index contributed by atoms with van der Waals surface area (Å²) < 4.78 is 27.6. The number of nitrogens with zero attached hydrogens (tertiary/aromatic N) is 3. The Bertz CT molecular complexity index is 1230. The lowest BCUT2D eigenvalue weighted by molar-refractivity contribution is -0.119. The first-order valence-electron chi connectivity index (χ1n) is 10.9. The number of sulfonamides is 1. The molecule has 0 aliphatic rings. The molecule has 3 aromatic rings. The van der Waals surface area contributed by atoms with Crippen LogP contribution < -0.4 is 14.6 Å². The van der Waals surface area contributed by atoms with Crippen LogP contribution in [0.25, 0.3) is 0 Å². The van der Waals surface area contributed by atoms with E-state index in [0.29, 0.717) is 0 Å². The van der Waals surface area contributed by atoms with Crippen LogP contribution in [-0.4, -0.2) is 40.2 Å². The van der Waals surface area contributed by atoms with E-state index in [4.69, 9.17) is 11.6 Å². The third-order valence-electron chi connectivity index (χ3n) is 5.16. The number of para-hydroxylation sites is 1. The van der Waals surface area contributed by atoms with Gasteiger partial charge in [-0.2, -0.15) is 5.10 Å². The number of hydrazone groups is 1. The molecule has 0 unspecified atom stereocenters. The topological polar surface area (TPSA) is 82.1 Å². The van der Waals surface area contributed by atoms with Gasteiger partial charge in [-0.05, 0) is 55.8 Å². The molecule has 0 aromatic heterocycles. The summed E-state index contributed by atoms with van der Waals surface area (Å²) in [4.78, 5) is 14.9. The molecule has 1 N–H and O–H groups in total. The molecule has 0 fully saturated rings. The van der Waals surface area contributed by atoms with Crippen LogP contribution in [-0.2, 0) is 14.8 Å². The zero-order valence-electron chi connectivity index (χ0n) is 19.1. The molecule has 0 saturated heterocycles. The highest BCUT2D eigenvalue weighted by Gasteiger charge is 2.28. The van der Waals surface area contributed by atoms with Gasteiger partial charge in [0.25, 0.3) is 15.9 Å². The van der Waals surface area contributed by atoms with Crippen LogP contribution in [0.1, 0.15) is 19.4 Å². The molecule has 0 spiro atoms. The van der Waals surface area contributed by atoms with Crippen LogP contribution in [0.15, 0.2) is 88.9 Å². The molecule has 0 radical (unpaired) electrons. The number of halogens is 1. The summed E-state index contributed by atoms with van der Waals surface area (Å²) in [5, 5.41) is 4.20. The van der Waals surface area contributed by atoms with Crippen molar-refractivity contribution >= 4 is 45.1 Å². The first kappa shape index (κ1) is 25.3. The second-order valence-corrected chi connectivity index (χ2v) is 9.60. The Hall–Kier alpha value is -3.36. The van der Waals surface area contributed by atoms with Crippen LogP contribution >= 0.6 is 11.6 Å². The van der Waals surface area contributed by atoms with Gasteiger partial charge in [0.05, 0.1) is 21.8 Å². The Morgan fingerprint density at radius 1 is 0.941 bits per heavy atom. The number of anilines is 2. The zero-order valence-corrected chi connectivity index (χ0v) is 20.6. The summed E-state index contributed by atoms with van der Waals surface area (Å²) in [5.41, 5.74) is 4.52. The number of carbonyl (C=O) groups excluding carboxylic acids is 1. The fraction of sp³-hybridized carbons (Fsp3) is 0.200. The molecule has 178 valence electrons.